The van der Waals surface area contributed by atoms with E-state index in [2.05, 4.69) is 4.99 Å². The minimum absolute atomic E-state index is 0.368. The molecule has 0 fully saturated rings. The van der Waals surface area contributed by atoms with Gasteiger partial charge >= 0.3 is 0 Å². The molecule has 0 aliphatic carbocycles. The largest absolute Gasteiger partial charge is 0.493 e. The molecule has 1 aromatic carbocycles. The molecule has 0 radical (unpaired) electrons. The number of ether oxygens (including phenoxy) is 1. The molecule has 3 nitrogen and oxygen atoms in total. The zero-order chi connectivity index (χ0) is 9.10. The van der Waals surface area contributed by atoms with Gasteiger partial charge in [-0.1, -0.05) is 18.2 Å². The van der Waals surface area contributed by atoms with E-state index in [-0.39, 0.29) is 0 Å². The fourth-order valence-electron chi connectivity index (χ4n) is 1.53. The van der Waals surface area contributed by atoms with Gasteiger partial charge in [-0.2, -0.15) is 0 Å². The van der Waals surface area contributed by atoms with E-state index in [0.717, 1.165) is 24.3 Å². The first-order chi connectivity index (χ1) is 6.42. The van der Waals surface area contributed by atoms with Crippen LogP contribution in [0.4, 0.5) is 0 Å². The molecule has 0 aromatic heterocycles. The third-order valence-corrected chi connectivity index (χ3v) is 2.11. The van der Waals surface area contributed by atoms with Crippen molar-refractivity contribution in [1.29, 1.82) is 0 Å². The molecule has 0 bridgehead atoms. The number of benzene rings is 1. The lowest BCUT2D eigenvalue weighted by Crippen LogP contribution is -1.90. The molecule has 1 aliphatic heterocycles. The van der Waals surface area contributed by atoms with Gasteiger partial charge in [-0.3, -0.25) is 0 Å². The molecular weight excluding hydrogens is 166 g/mol. The van der Waals surface area contributed by atoms with Gasteiger partial charge in [0.1, 0.15) is 5.75 Å². The van der Waals surface area contributed by atoms with Crippen molar-refractivity contribution in [1.82, 2.24) is 0 Å². The molecule has 0 N–H and O–H groups in total. The molecule has 1 aromatic rings. The van der Waals surface area contributed by atoms with Crippen LogP contribution in [0.25, 0.3) is 0 Å². The van der Waals surface area contributed by atoms with Gasteiger partial charge in [0.15, 0.2) is 0 Å². The molecule has 0 amide bonds. The van der Waals surface area contributed by atoms with Crippen LogP contribution in [-0.4, -0.2) is 12.7 Å². The Morgan fingerprint density at radius 1 is 1.54 bits per heavy atom. The summed E-state index contributed by atoms with van der Waals surface area (Å²) in [6, 6.07) is 5.92. The molecule has 1 heterocycles. The summed E-state index contributed by atoms with van der Waals surface area (Å²) in [7, 11) is 0. The Hall–Kier alpha value is -1.60. The number of hydrogen-bond acceptors (Lipinski definition) is 3. The fourth-order valence-corrected chi connectivity index (χ4v) is 1.53. The Balaban J connectivity index is 2.35. The number of isocyanates is 1. The lowest BCUT2D eigenvalue weighted by atomic mass is 10.1. The van der Waals surface area contributed by atoms with Crippen LogP contribution in [0.1, 0.15) is 11.1 Å². The van der Waals surface area contributed by atoms with Crippen LogP contribution < -0.4 is 4.74 Å². The number of fused-ring (bicyclic) bond motifs is 1. The zero-order valence-electron chi connectivity index (χ0n) is 7.12. The minimum atomic E-state index is 0.368. The van der Waals surface area contributed by atoms with E-state index in [1.165, 1.54) is 11.6 Å². The van der Waals surface area contributed by atoms with Crippen LogP contribution in [0.5, 0.6) is 5.75 Å². The van der Waals surface area contributed by atoms with Gasteiger partial charge in [-0.15, -0.1) is 0 Å². The molecule has 2 rings (SSSR count). The second-order valence-electron chi connectivity index (χ2n) is 2.91. The van der Waals surface area contributed by atoms with Gasteiger partial charge in [-0.05, 0) is 5.56 Å². The Morgan fingerprint density at radius 3 is 3.31 bits per heavy atom. The van der Waals surface area contributed by atoms with Crippen molar-refractivity contribution in [2.75, 3.05) is 6.61 Å². The first-order valence-corrected chi connectivity index (χ1v) is 4.19. The number of aliphatic imine (C=N–C) groups is 1. The number of nitrogens with zero attached hydrogens (tertiary/aromatic N) is 1. The molecule has 0 spiro atoms. The maximum atomic E-state index is 9.95. The maximum absolute atomic E-state index is 9.95. The Kier molecular flexibility index (Phi) is 2.11. The lowest BCUT2D eigenvalue weighted by Gasteiger charge is -2.03. The Bertz CT molecular complexity index is 367. The van der Waals surface area contributed by atoms with Crippen molar-refractivity contribution < 1.29 is 9.53 Å². The first kappa shape index (κ1) is 8.02. The molecule has 13 heavy (non-hydrogen) atoms. The van der Waals surface area contributed by atoms with Crippen molar-refractivity contribution in [3.8, 4) is 5.75 Å². The van der Waals surface area contributed by atoms with Crippen molar-refractivity contribution >= 4 is 6.08 Å². The average molecular weight is 175 g/mol. The second kappa shape index (κ2) is 3.42. The highest BCUT2D eigenvalue weighted by atomic mass is 16.5. The van der Waals surface area contributed by atoms with Crippen LogP contribution in [0, 0.1) is 0 Å². The van der Waals surface area contributed by atoms with Gasteiger partial charge in [0.05, 0.1) is 13.2 Å². The van der Waals surface area contributed by atoms with Gasteiger partial charge < -0.3 is 4.74 Å². The van der Waals surface area contributed by atoms with E-state index in [0.29, 0.717) is 6.54 Å². The summed E-state index contributed by atoms with van der Waals surface area (Å²) in [5.74, 6) is 0.904. The third kappa shape index (κ3) is 1.46. The molecule has 1 aliphatic rings. The average Bonchev–Trinajstić information content (AvgIpc) is 2.62. The second-order valence-corrected chi connectivity index (χ2v) is 2.91. The highest BCUT2D eigenvalue weighted by Gasteiger charge is 2.14. The summed E-state index contributed by atoms with van der Waals surface area (Å²) in [6.07, 6.45) is 2.48. The number of para-hydroxylation sites is 1. The smallest absolute Gasteiger partial charge is 0.235 e. The third-order valence-electron chi connectivity index (χ3n) is 2.11. The van der Waals surface area contributed by atoms with Gasteiger partial charge in [0, 0.05) is 12.0 Å². The van der Waals surface area contributed by atoms with Crippen LogP contribution in [-0.2, 0) is 17.8 Å². The molecule has 0 saturated heterocycles. The van der Waals surface area contributed by atoms with Crippen molar-refractivity contribution in [2.45, 2.75) is 13.0 Å². The van der Waals surface area contributed by atoms with Crippen molar-refractivity contribution in [3.05, 3.63) is 29.3 Å². The summed E-state index contributed by atoms with van der Waals surface area (Å²) < 4.78 is 5.44. The molecule has 3 heteroatoms. The zero-order valence-corrected chi connectivity index (χ0v) is 7.12. The molecule has 0 saturated carbocycles. The molecule has 66 valence electrons. The predicted molar refractivity (Wildman–Crippen MR) is 47.5 cm³/mol. The van der Waals surface area contributed by atoms with E-state index in [1.807, 2.05) is 18.2 Å². The van der Waals surface area contributed by atoms with Gasteiger partial charge in [0.25, 0.3) is 0 Å². The molecular formula is C10H9NO2. The van der Waals surface area contributed by atoms with E-state index < -0.39 is 0 Å². The van der Waals surface area contributed by atoms with E-state index in [9.17, 15) is 4.79 Å². The van der Waals surface area contributed by atoms with Crippen LogP contribution in [0.2, 0.25) is 0 Å². The lowest BCUT2D eigenvalue weighted by molar-refractivity contribution is 0.353. The van der Waals surface area contributed by atoms with E-state index in [4.69, 9.17) is 4.74 Å². The predicted octanol–water partition coefficient (Wildman–Crippen LogP) is 1.46. The highest BCUT2D eigenvalue weighted by molar-refractivity contribution is 5.45. The van der Waals surface area contributed by atoms with Crippen molar-refractivity contribution in [2.24, 2.45) is 4.99 Å². The number of carbonyl (C=O) groups excluding carboxylic acids is 1. The Labute approximate surface area is 76.1 Å². The van der Waals surface area contributed by atoms with Crippen molar-refractivity contribution in [3.63, 3.8) is 0 Å². The fraction of sp³-hybridized carbons (Fsp3) is 0.300. The highest BCUT2D eigenvalue weighted by Crippen LogP contribution is 2.29. The topological polar surface area (TPSA) is 38.7 Å². The quantitative estimate of drug-likeness (QED) is 0.504. The molecule has 0 atom stereocenters. The first-order valence-electron chi connectivity index (χ1n) is 4.19. The van der Waals surface area contributed by atoms with E-state index in [1.54, 1.807) is 0 Å². The van der Waals surface area contributed by atoms with Crippen LogP contribution >= 0.6 is 0 Å². The standard InChI is InChI=1S/C10H9NO2/c12-7-11-6-9-3-1-2-8-4-5-13-10(8)9/h1-3H,4-6H2. The van der Waals surface area contributed by atoms with Gasteiger partial charge in [-0.25, -0.2) is 9.79 Å². The maximum Gasteiger partial charge on any atom is 0.235 e. The van der Waals surface area contributed by atoms with E-state index >= 15 is 0 Å². The van der Waals surface area contributed by atoms with Crippen LogP contribution in [0.15, 0.2) is 23.2 Å². The summed E-state index contributed by atoms with van der Waals surface area (Å²) in [6.45, 7) is 1.10. The van der Waals surface area contributed by atoms with Gasteiger partial charge in [0.2, 0.25) is 6.08 Å². The summed E-state index contributed by atoms with van der Waals surface area (Å²) in [5.41, 5.74) is 2.18. The summed E-state index contributed by atoms with van der Waals surface area (Å²) in [5, 5.41) is 0. The normalized spacial score (nSPS) is 12.9. The SMILES string of the molecule is O=C=NCc1cccc2c1OCC2. The monoisotopic (exact) mass is 175 g/mol. The summed E-state index contributed by atoms with van der Waals surface area (Å²) in [4.78, 5) is 13.5. The minimum Gasteiger partial charge on any atom is -0.493 e. The Morgan fingerprint density at radius 2 is 2.46 bits per heavy atom. The number of rotatable bonds is 2. The number of hydrogen-bond donors (Lipinski definition) is 0. The molecule has 0 unspecified atom stereocenters. The van der Waals surface area contributed by atoms with Crippen LogP contribution in [0.3, 0.4) is 0 Å². The summed E-state index contributed by atoms with van der Waals surface area (Å²) >= 11 is 0.